The fourth-order valence-electron chi connectivity index (χ4n) is 1.12. The third-order valence-electron chi connectivity index (χ3n) is 1.83. The van der Waals surface area contributed by atoms with E-state index in [1.807, 2.05) is 13.8 Å². The second-order valence-electron chi connectivity index (χ2n) is 2.95. The van der Waals surface area contributed by atoms with Gasteiger partial charge in [-0.05, 0) is 12.8 Å². The van der Waals surface area contributed by atoms with Crippen LogP contribution in [0.3, 0.4) is 0 Å². The number of hydrogen-bond acceptors (Lipinski definition) is 5. The van der Waals surface area contributed by atoms with Crippen LogP contribution in [0.4, 0.5) is 0 Å². The summed E-state index contributed by atoms with van der Waals surface area (Å²) >= 11 is 1.22. The first kappa shape index (κ1) is 11.9. The number of carbonyl (C=O) groups excluding carboxylic acids is 1. The average molecular weight is 226 g/mol. The van der Waals surface area contributed by atoms with E-state index in [-0.39, 0.29) is 11.7 Å². The molecule has 0 aromatic carbocycles. The Bertz CT molecular complexity index is 356. The highest BCUT2D eigenvalue weighted by Gasteiger charge is 2.07. The predicted octanol–water partition coefficient (Wildman–Crippen LogP) is 0.574. The van der Waals surface area contributed by atoms with Crippen LogP contribution in [0.15, 0.2) is 5.16 Å². The summed E-state index contributed by atoms with van der Waals surface area (Å²) in [7, 11) is 0. The van der Waals surface area contributed by atoms with Crippen molar-refractivity contribution < 1.29 is 4.79 Å². The quantitative estimate of drug-likeness (QED) is 0.742. The first-order valence-electron chi connectivity index (χ1n) is 4.80. The number of aromatic nitrogens is 3. The monoisotopic (exact) mass is 226 g/mol. The number of nitrogens with zero attached hydrogens (tertiary/aromatic N) is 3. The zero-order valence-electron chi connectivity index (χ0n) is 8.86. The topological polar surface area (TPSA) is 81.8 Å². The van der Waals surface area contributed by atoms with Crippen LogP contribution in [0.5, 0.6) is 0 Å². The molecular weight excluding hydrogens is 212 g/mol. The van der Waals surface area contributed by atoms with Crippen molar-refractivity contribution in [3.63, 3.8) is 0 Å². The zero-order valence-corrected chi connectivity index (χ0v) is 9.67. The van der Waals surface area contributed by atoms with Gasteiger partial charge in [0, 0.05) is 0 Å². The molecule has 2 N–H and O–H groups in total. The van der Waals surface area contributed by atoms with Crippen molar-refractivity contribution in [3.05, 3.63) is 11.4 Å². The van der Waals surface area contributed by atoms with Crippen molar-refractivity contribution in [3.8, 4) is 0 Å². The third kappa shape index (κ3) is 3.47. The van der Waals surface area contributed by atoms with Crippen molar-refractivity contribution in [2.45, 2.75) is 31.8 Å². The van der Waals surface area contributed by atoms with Crippen molar-refractivity contribution in [2.75, 3.05) is 5.75 Å². The van der Waals surface area contributed by atoms with E-state index >= 15 is 0 Å². The molecule has 0 saturated carbocycles. The van der Waals surface area contributed by atoms with Gasteiger partial charge in [-0.25, -0.2) is 4.98 Å². The lowest BCUT2D eigenvalue weighted by atomic mass is 10.2. The van der Waals surface area contributed by atoms with Gasteiger partial charge in [-0.3, -0.25) is 4.79 Å². The second-order valence-corrected chi connectivity index (χ2v) is 3.89. The van der Waals surface area contributed by atoms with Crippen molar-refractivity contribution in [2.24, 2.45) is 5.73 Å². The van der Waals surface area contributed by atoms with E-state index in [9.17, 15) is 4.79 Å². The highest BCUT2D eigenvalue weighted by molar-refractivity contribution is 7.99. The largest absolute Gasteiger partial charge is 0.369 e. The maximum absolute atomic E-state index is 10.6. The van der Waals surface area contributed by atoms with Crippen LogP contribution < -0.4 is 5.73 Å². The molecule has 0 unspecified atom stereocenters. The van der Waals surface area contributed by atoms with Gasteiger partial charge in [-0.15, -0.1) is 5.10 Å². The molecule has 0 bridgehead atoms. The molecule has 15 heavy (non-hydrogen) atoms. The van der Waals surface area contributed by atoms with E-state index in [4.69, 9.17) is 5.73 Å². The summed E-state index contributed by atoms with van der Waals surface area (Å²) in [5.41, 5.74) is 6.89. The molecule has 1 aromatic heterocycles. The number of rotatable bonds is 5. The molecule has 1 aromatic rings. The first-order chi connectivity index (χ1) is 7.17. The second kappa shape index (κ2) is 5.65. The fraction of sp³-hybridized carbons (Fsp3) is 0.556. The predicted molar refractivity (Wildman–Crippen MR) is 58.5 cm³/mol. The van der Waals surface area contributed by atoms with Gasteiger partial charge in [0.1, 0.15) is 0 Å². The molecule has 0 saturated heterocycles. The minimum Gasteiger partial charge on any atom is -0.369 e. The van der Waals surface area contributed by atoms with Gasteiger partial charge < -0.3 is 5.73 Å². The van der Waals surface area contributed by atoms with Gasteiger partial charge in [-0.2, -0.15) is 5.10 Å². The van der Waals surface area contributed by atoms with Gasteiger partial charge >= 0.3 is 0 Å². The summed E-state index contributed by atoms with van der Waals surface area (Å²) in [6, 6.07) is 0. The van der Waals surface area contributed by atoms with Crippen molar-refractivity contribution in [1.29, 1.82) is 0 Å². The Morgan fingerprint density at radius 3 is 2.47 bits per heavy atom. The lowest BCUT2D eigenvalue weighted by molar-refractivity contribution is -0.115. The van der Waals surface area contributed by atoms with E-state index in [1.54, 1.807) is 0 Å². The number of amides is 1. The molecular formula is C9H14N4OS. The van der Waals surface area contributed by atoms with Gasteiger partial charge in [0.05, 0.1) is 17.1 Å². The van der Waals surface area contributed by atoms with Crippen LogP contribution in [0.25, 0.3) is 0 Å². The third-order valence-corrected chi connectivity index (χ3v) is 2.69. The minimum absolute atomic E-state index is 0.191. The van der Waals surface area contributed by atoms with Crippen molar-refractivity contribution >= 4 is 17.7 Å². The molecule has 1 rings (SSSR count). The molecule has 1 amide bonds. The van der Waals surface area contributed by atoms with Crippen molar-refractivity contribution in [1.82, 2.24) is 15.2 Å². The molecule has 0 fully saturated rings. The molecule has 0 atom stereocenters. The van der Waals surface area contributed by atoms with Gasteiger partial charge in [0.15, 0.2) is 0 Å². The Balaban J connectivity index is 2.78. The van der Waals surface area contributed by atoms with Crippen LogP contribution in [0.2, 0.25) is 0 Å². The molecule has 0 aliphatic heterocycles. The van der Waals surface area contributed by atoms with E-state index < -0.39 is 0 Å². The first-order valence-corrected chi connectivity index (χ1v) is 5.79. The molecule has 1 heterocycles. The Labute approximate surface area is 92.9 Å². The highest BCUT2D eigenvalue weighted by atomic mass is 32.2. The van der Waals surface area contributed by atoms with Crippen LogP contribution in [0, 0.1) is 0 Å². The van der Waals surface area contributed by atoms with E-state index in [0.717, 1.165) is 24.2 Å². The number of carbonyl (C=O) groups is 1. The lowest BCUT2D eigenvalue weighted by Gasteiger charge is -2.04. The average Bonchev–Trinajstić information content (AvgIpc) is 2.25. The van der Waals surface area contributed by atoms with Crippen LogP contribution in [-0.2, 0) is 17.6 Å². The zero-order chi connectivity index (χ0) is 11.3. The van der Waals surface area contributed by atoms with E-state index in [1.165, 1.54) is 11.8 Å². The van der Waals surface area contributed by atoms with Gasteiger partial charge in [0.25, 0.3) is 0 Å². The highest BCUT2D eigenvalue weighted by Crippen LogP contribution is 2.13. The number of thioether (sulfide) groups is 1. The molecule has 0 aliphatic rings. The lowest BCUT2D eigenvalue weighted by Crippen LogP contribution is -2.14. The van der Waals surface area contributed by atoms with Gasteiger partial charge in [-0.1, -0.05) is 25.6 Å². The summed E-state index contributed by atoms with van der Waals surface area (Å²) in [4.78, 5) is 14.9. The van der Waals surface area contributed by atoms with Gasteiger partial charge in [0.2, 0.25) is 11.1 Å². The summed E-state index contributed by atoms with van der Waals surface area (Å²) in [5.74, 6) is -0.183. The maximum Gasteiger partial charge on any atom is 0.227 e. The Morgan fingerprint density at radius 2 is 1.93 bits per heavy atom. The fourth-order valence-corrected chi connectivity index (χ4v) is 1.66. The molecule has 6 heteroatoms. The molecule has 5 nitrogen and oxygen atoms in total. The SMILES string of the molecule is CCc1nnc(SCC(N)=O)nc1CC. The summed E-state index contributed by atoms with van der Waals surface area (Å²) in [5, 5.41) is 8.50. The molecule has 82 valence electrons. The van der Waals surface area contributed by atoms with Crippen LogP contribution >= 0.6 is 11.8 Å². The summed E-state index contributed by atoms with van der Waals surface area (Å²) in [6.45, 7) is 4.03. The number of hydrogen-bond donors (Lipinski definition) is 1. The molecule has 0 aliphatic carbocycles. The Kier molecular flexibility index (Phi) is 4.48. The van der Waals surface area contributed by atoms with E-state index in [0.29, 0.717) is 5.16 Å². The molecule has 0 spiro atoms. The minimum atomic E-state index is -0.374. The summed E-state index contributed by atoms with van der Waals surface area (Å²) in [6.07, 6.45) is 1.65. The summed E-state index contributed by atoms with van der Waals surface area (Å²) < 4.78 is 0. The number of primary amides is 1. The van der Waals surface area contributed by atoms with Crippen LogP contribution in [-0.4, -0.2) is 26.8 Å². The number of aryl methyl sites for hydroxylation is 2. The standard InChI is InChI=1S/C9H14N4OS/c1-3-6-7(4-2)12-13-9(11-6)15-5-8(10)14/h3-5H2,1-2H3,(H2,10,14). The normalized spacial score (nSPS) is 10.3. The Morgan fingerprint density at radius 1 is 1.27 bits per heavy atom. The van der Waals surface area contributed by atoms with E-state index in [2.05, 4.69) is 15.2 Å². The van der Waals surface area contributed by atoms with Crippen LogP contribution in [0.1, 0.15) is 25.2 Å². The number of nitrogens with two attached hydrogens (primary N) is 1. The smallest absolute Gasteiger partial charge is 0.227 e. The molecule has 0 radical (unpaired) electrons. The Hall–Kier alpha value is -1.17. The maximum atomic E-state index is 10.6.